The largest absolute Gasteiger partial charge is 0.480 e. The predicted octanol–water partition coefficient (Wildman–Crippen LogP) is 0.116. The fourth-order valence-corrected chi connectivity index (χ4v) is 3.11. The smallest absolute Gasteiger partial charge is 0.322 e. The number of H-pyrrole nitrogens is 1. The number of carboxylic acids is 1. The highest BCUT2D eigenvalue weighted by atomic mass is 32.2. The number of Topliss-reactive ketones (excluding diaryl/α,β-unsaturated/α-hetero) is 1. The molecule has 2 atom stereocenters. The Kier molecular flexibility index (Phi) is 9.60. The number of amides is 1. The molecule has 1 heterocycles. The van der Waals surface area contributed by atoms with Crippen molar-refractivity contribution in [2.75, 3.05) is 13.1 Å². The second-order valence-corrected chi connectivity index (χ2v) is 7.15. The van der Waals surface area contributed by atoms with Gasteiger partial charge in [0, 0.05) is 37.1 Å². The minimum atomic E-state index is -1.16. The maximum Gasteiger partial charge on any atom is 0.322 e. The summed E-state index contributed by atoms with van der Waals surface area (Å²) in [4.78, 5) is 53.8. The highest BCUT2D eigenvalue weighted by molar-refractivity contribution is 8.14. The molecule has 0 aliphatic heterocycles. The summed E-state index contributed by atoms with van der Waals surface area (Å²) in [7, 11) is 0. The average molecular weight is 384 g/mol. The molecule has 1 unspecified atom stereocenters. The highest BCUT2D eigenvalue weighted by Crippen LogP contribution is 2.23. The molecule has 0 aromatic carbocycles. The molecular formula is C16H24N4O5S. The van der Waals surface area contributed by atoms with E-state index in [1.807, 2.05) is 0 Å². The van der Waals surface area contributed by atoms with Crippen LogP contribution in [0.5, 0.6) is 0 Å². The summed E-state index contributed by atoms with van der Waals surface area (Å²) in [6.07, 6.45) is 4.31. The standard InChI is InChI=1S/C16H24N4O5S/c1-10(15(24)19-8-14(22)23)26-16(25)11(5-12-7-18-9-20-12)6-13(21)3-2-4-17/h7,9-11H,2-6,8,17H2,1H3,(H,18,20)(H,19,24)(H,22,23)/t10?,11-/m1/s1. The van der Waals surface area contributed by atoms with Gasteiger partial charge in [-0.1, -0.05) is 11.8 Å². The average Bonchev–Trinajstić information content (AvgIpc) is 3.10. The van der Waals surface area contributed by atoms with Gasteiger partial charge in [0.25, 0.3) is 0 Å². The Balaban J connectivity index is 2.68. The van der Waals surface area contributed by atoms with Gasteiger partial charge >= 0.3 is 5.97 Å². The summed E-state index contributed by atoms with van der Waals surface area (Å²) in [5.41, 5.74) is 6.12. The van der Waals surface area contributed by atoms with Crippen LogP contribution >= 0.6 is 11.8 Å². The van der Waals surface area contributed by atoms with Crippen LogP contribution in [-0.2, 0) is 25.6 Å². The topological polar surface area (TPSA) is 155 Å². The number of carboxylic acid groups (broad SMARTS) is 1. The van der Waals surface area contributed by atoms with Crippen molar-refractivity contribution >= 4 is 34.5 Å². The Bertz CT molecular complexity index is 620. The quantitative estimate of drug-likeness (QED) is 0.396. The van der Waals surface area contributed by atoms with Gasteiger partial charge in [-0.15, -0.1) is 0 Å². The van der Waals surface area contributed by atoms with Crippen molar-refractivity contribution in [3.8, 4) is 0 Å². The van der Waals surface area contributed by atoms with E-state index in [0.29, 0.717) is 25.8 Å². The summed E-state index contributed by atoms with van der Waals surface area (Å²) in [5, 5.41) is 9.76. The Morgan fingerprint density at radius 2 is 2.12 bits per heavy atom. The van der Waals surface area contributed by atoms with Gasteiger partial charge in [-0.3, -0.25) is 19.2 Å². The van der Waals surface area contributed by atoms with Crippen molar-refractivity contribution in [3.05, 3.63) is 18.2 Å². The van der Waals surface area contributed by atoms with Gasteiger partial charge in [0.15, 0.2) is 5.12 Å². The molecule has 0 radical (unpaired) electrons. The molecule has 1 aromatic heterocycles. The van der Waals surface area contributed by atoms with Gasteiger partial charge < -0.3 is 21.1 Å². The monoisotopic (exact) mass is 384 g/mol. The first-order valence-electron chi connectivity index (χ1n) is 8.22. The SMILES string of the molecule is CC(SC(=O)[C@@H](CC(=O)CCCN)Cc1cnc[nH]1)C(=O)NCC(=O)O. The molecular weight excluding hydrogens is 360 g/mol. The van der Waals surface area contributed by atoms with E-state index in [4.69, 9.17) is 10.8 Å². The Hall–Kier alpha value is -2.20. The number of thioether (sulfide) groups is 1. The van der Waals surface area contributed by atoms with Crippen LogP contribution in [0.4, 0.5) is 0 Å². The summed E-state index contributed by atoms with van der Waals surface area (Å²) in [6.45, 7) is 1.41. The van der Waals surface area contributed by atoms with E-state index >= 15 is 0 Å². The zero-order valence-electron chi connectivity index (χ0n) is 14.6. The number of rotatable bonds is 12. The molecule has 0 aliphatic carbocycles. The molecule has 5 N–H and O–H groups in total. The third-order valence-corrected chi connectivity index (χ3v) is 4.70. The van der Waals surface area contributed by atoms with E-state index in [-0.39, 0.29) is 17.3 Å². The van der Waals surface area contributed by atoms with Gasteiger partial charge in [-0.2, -0.15) is 0 Å². The number of carbonyl (C=O) groups excluding carboxylic acids is 3. The van der Waals surface area contributed by atoms with Crippen LogP contribution in [0.15, 0.2) is 12.5 Å². The normalized spacial score (nSPS) is 13.0. The van der Waals surface area contributed by atoms with E-state index in [1.54, 1.807) is 6.20 Å². The zero-order valence-corrected chi connectivity index (χ0v) is 15.4. The second kappa shape index (κ2) is 11.4. The first kappa shape index (κ1) is 21.8. The minimum Gasteiger partial charge on any atom is -0.480 e. The van der Waals surface area contributed by atoms with E-state index in [0.717, 1.165) is 17.5 Å². The number of imidazole rings is 1. The van der Waals surface area contributed by atoms with Gasteiger partial charge in [-0.05, 0) is 19.9 Å². The number of aliphatic carboxylic acids is 1. The third-order valence-electron chi connectivity index (χ3n) is 3.56. The first-order chi connectivity index (χ1) is 12.3. The third kappa shape index (κ3) is 8.26. The van der Waals surface area contributed by atoms with Gasteiger partial charge in [-0.25, -0.2) is 4.98 Å². The lowest BCUT2D eigenvalue weighted by Gasteiger charge is -2.16. The molecule has 0 spiro atoms. The fourth-order valence-electron chi connectivity index (χ4n) is 2.21. The van der Waals surface area contributed by atoms with Crippen molar-refractivity contribution < 1.29 is 24.3 Å². The number of aromatic amines is 1. The summed E-state index contributed by atoms with van der Waals surface area (Å²) in [6, 6.07) is 0. The number of ketones is 1. The fraction of sp³-hybridized carbons (Fsp3) is 0.562. The van der Waals surface area contributed by atoms with E-state index < -0.39 is 29.6 Å². The van der Waals surface area contributed by atoms with Crippen molar-refractivity contribution in [1.29, 1.82) is 0 Å². The number of nitrogens with one attached hydrogen (secondary N) is 2. The lowest BCUT2D eigenvalue weighted by molar-refractivity contribution is -0.137. The molecule has 26 heavy (non-hydrogen) atoms. The second-order valence-electron chi connectivity index (χ2n) is 5.80. The molecule has 0 aliphatic rings. The van der Waals surface area contributed by atoms with E-state index in [2.05, 4.69) is 15.3 Å². The zero-order chi connectivity index (χ0) is 19.5. The highest BCUT2D eigenvalue weighted by Gasteiger charge is 2.27. The number of nitrogens with zero attached hydrogens (tertiary/aromatic N) is 1. The number of aromatic nitrogens is 2. The summed E-state index contributed by atoms with van der Waals surface area (Å²) in [5.74, 6) is -2.36. The van der Waals surface area contributed by atoms with Crippen LogP contribution in [0.25, 0.3) is 0 Å². The molecule has 1 aromatic rings. The van der Waals surface area contributed by atoms with Gasteiger partial charge in [0.05, 0.1) is 11.6 Å². The Morgan fingerprint density at radius 1 is 1.38 bits per heavy atom. The van der Waals surface area contributed by atoms with Crippen LogP contribution in [0, 0.1) is 5.92 Å². The van der Waals surface area contributed by atoms with Crippen LogP contribution in [0.2, 0.25) is 0 Å². The Labute approximate surface area is 155 Å². The Morgan fingerprint density at radius 3 is 2.69 bits per heavy atom. The lowest BCUT2D eigenvalue weighted by Crippen LogP contribution is -2.36. The molecule has 0 bridgehead atoms. The predicted molar refractivity (Wildman–Crippen MR) is 96.4 cm³/mol. The maximum atomic E-state index is 12.6. The van der Waals surface area contributed by atoms with Gasteiger partial charge in [0.2, 0.25) is 5.91 Å². The molecule has 0 saturated heterocycles. The van der Waals surface area contributed by atoms with Crippen LogP contribution in [0.1, 0.15) is 31.9 Å². The van der Waals surface area contributed by atoms with Crippen LogP contribution in [0.3, 0.4) is 0 Å². The molecule has 0 fully saturated rings. The van der Waals surface area contributed by atoms with Crippen molar-refractivity contribution in [2.45, 2.75) is 37.9 Å². The van der Waals surface area contributed by atoms with Crippen molar-refractivity contribution in [1.82, 2.24) is 15.3 Å². The summed E-state index contributed by atoms with van der Waals surface area (Å²) < 4.78 is 0. The molecule has 10 heteroatoms. The lowest BCUT2D eigenvalue weighted by atomic mass is 9.96. The number of carbonyl (C=O) groups is 4. The van der Waals surface area contributed by atoms with E-state index in [1.165, 1.54) is 13.3 Å². The van der Waals surface area contributed by atoms with Gasteiger partial charge in [0.1, 0.15) is 12.3 Å². The number of hydrogen-bond donors (Lipinski definition) is 4. The van der Waals surface area contributed by atoms with Crippen LogP contribution in [-0.4, -0.2) is 56.2 Å². The molecule has 144 valence electrons. The first-order valence-corrected chi connectivity index (χ1v) is 9.10. The maximum absolute atomic E-state index is 12.6. The minimum absolute atomic E-state index is 0.0584. The molecule has 1 rings (SSSR count). The molecule has 9 nitrogen and oxygen atoms in total. The van der Waals surface area contributed by atoms with Crippen molar-refractivity contribution in [2.24, 2.45) is 11.7 Å². The molecule has 1 amide bonds. The summed E-state index contributed by atoms with van der Waals surface area (Å²) >= 11 is 0.800. The molecule has 0 saturated carbocycles. The van der Waals surface area contributed by atoms with Crippen LogP contribution < -0.4 is 11.1 Å². The van der Waals surface area contributed by atoms with E-state index in [9.17, 15) is 19.2 Å². The number of nitrogens with two attached hydrogens (primary N) is 1. The van der Waals surface area contributed by atoms with Crippen molar-refractivity contribution in [3.63, 3.8) is 0 Å². The number of hydrogen-bond acceptors (Lipinski definition) is 7.